The fourth-order valence-corrected chi connectivity index (χ4v) is 6.39. The lowest BCUT2D eigenvalue weighted by atomic mass is 9.95. The number of aromatic nitrogens is 1. The zero-order valence-corrected chi connectivity index (χ0v) is 27.3. The minimum Gasteiger partial charge on any atom is -0.354 e. The van der Waals surface area contributed by atoms with Crippen LogP contribution in [0.25, 0.3) is 0 Å². The van der Waals surface area contributed by atoms with E-state index in [4.69, 9.17) is 0 Å². The molecule has 1 heterocycles. The van der Waals surface area contributed by atoms with Gasteiger partial charge in [-0.3, -0.25) is 14.6 Å². The molecule has 45 heavy (non-hydrogen) atoms. The summed E-state index contributed by atoms with van der Waals surface area (Å²) in [5.74, 6) is -0.345. The van der Waals surface area contributed by atoms with Gasteiger partial charge in [-0.2, -0.15) is 0 Å². The van der Waals surface area contributed by atoms with Gasteiger partial charge in [-0.1, -0.05) is 68.9 Å². The molecule has 2 aliphatic carbocycles. The summed E-state index contributed by atoms with van der Waals surface area (Å²) in [6, 6.07) is 14.8. The van der Waals surface area contributed by atoms with Gasteiger partial charge >= 0.3 is 0 Å². The summed E-state index contributed by atoms with van der Waals surface area (Å²) in [6.07, 6.45) is 17.4. The molecule has 0 aliphatic heterocycles. The van der Waals surface area contributed by atoms with Crippen LogP contribution in [0.3, 0.4) is 0 Å². The maximum absolute atomic E-state index is 13.2. The van der Waals surface area contributed by atoms with Crippen LogP contribution in [0.5, 0.6) is 0 Å². The molecule has 2 amide bonds. The highest BCUT2D eigenvalue weighted by molar-refractivity contribution is 5.88. The van der Waals surface area contributed by atoms with Crippen molar-refractivity contribution in [3.8, 4) is 0 Å². The van der Waals surface area contributed by atoms with Crippen molar-refractivity contribution in [2.24, 2.45) is 0 Å². The Balaban J connectivity index is 1.19. The average molecular weight is 620 g/mol. The number of nitrogens with one attached hydrogen (secondary N) is 6. The van der Waals surface area contributed by atoms with E-state index in [9.17, 15) is 9.59 Å². The van der Waals surface area contributed by atoms with E-state index >= 15 is 0 Å². The highest BCUT2D eigenvalue weighted by Crippen LogP contribution is 2.18. The van der Waals surface area contributed by atoms with Gasteiger partial charge < -0.3 is 31.9 Å². The van der Waals surface area contributed by atoms with E-state index in [1.165, 1.54) is 69.8 Å². The van der Waals surface area contributed by atoms with Crippen LogP contribution in [-0.2, 0) is 29.1 Å². The van der Waals surface area contributed by atoms with E-state index < -0.39 is 6.04 Å². The summed E-state index contributed by atoms with van der Waals surface area (Å²) in [4.78, 5) is 30.4. The van der Waals surface area contributed by atoms with Crippen molar-refractivity contribution in [1.82, 2.24) is 36.9 Å². The first kappa shape index (κ1) is 35.0. The average Bonchev–Trinajstić information content (AvgIpc) is 3.08. The molecule has 2 aliphatic rings. The molecular weight excluding hydrogens is 562 g/mol. The summed E-state index contributed by atoms with van der Waals surface area (Å²) in [5.41, 5.74) is 3.11. The number of carbonyl (C=O) groups is 2. The van der Waals surface area contributed by atoms with Crippen LogP contribution in [0.1, 0.15) is 93.9 Å². The lowest BCUT2D eigenvalue weighted by Crippen LogP contribution is -2.50. The molecule has 1 atom stereocenters. The molecule has 0 saturated heterocycles. The zero-order chi connectivity index (χ0) is 31.4. The Morgan fingerprint density at radius 1 is 0.711 bits per heavy atom. The summed E-state index contributed by atoms with van der Waals surface area (Å²) in [5, 5.41) is 20.1. The maximum atomic E-state index is 13.2. The van der Waals surface area contributed by atoms with E-state index in [2.05, 4.69) is 61.2 Å². The number of rotatable bonds is 20. The molecule has 1 aromatic heterocycles. The van der Waals surface area contributed by atoms with Crippen molar-refractivity contribution in [3.05, 3.63) is 65.5 Å². The summed E-state index contributed by atoms with van der Waals surface area (Å²) in [6.45, 7) is 4.97. The van der Waals surface area contributed by atoms with Crippen LogP contribution in [-0.4, -0.2) is 67.6 Å². The molecule has 0 radical (unpaired) electrons. The van der Waals surface area contributed by atoms with Crippen molar-refractivity contribution < 1.29 is 9.59 Å². The molecule has 2 saturated carbocycles. The lowest BCUT2D eigenvalue weighted by molar-refractivity contribution is -0.128. The van der Waals surface area contributed by atoms with Crippen LogP contribution in [0.4, 0.5) is 0 Å². The number of benzene rings is 1. The van der Waals surface area contributed by atoms with Gasteiger partial charge in [-0.15, -0.1) is 0 Å². The summed E-state index contributed by atoms with van der Waals surface area (Å²) < 4.78 is 0. The van der Waals surface area contributed by atoms with Crippen LogP contribution in [0.2, 0.25) is 0 Å². The molecular formula is C36H57N7O2. The molecule has 1 aromatic carbocycles. The van der Waals surface area contributed by atoms with E-state index in [1.807, 2.05) is 18.2 Å². The molecule has 0 unspecified atom stereocenters. The van der Waals surface area contributed by atoms with E-state index in [0.717, 1.165) is 50.3 Å². The minimum atomic E-state index is -0.638. The Bertz CT molecular complexity index is 1090. The third kappa shape index (κ3) is 14.4. The fourth-order valence-electron chi connectivity index (χ4n) is 6.39. The van der Waals surface area contributed by atoms with Crippen molar-refractivity contribution in [3.63, 3.8) is 0 Å². The standard InChI is InChI=1S/C36H57N7O2/c44-35(28-38-27-33-15-7-8-21-41-33)43-34(36(45)42-24-10-23-40-32-13-5-2-6-14-32)25-29-16-18-30(19-17-29)26-37-20-9-22-39-31-11-3-1-4-12-31/h7-8,15-19,21,31-32,34,37-40H,1-6,9-14,20,22-28H2,(H,42,45)(H,43,44)/t34-/m1/s1. The first-order valence-corrected chi connectivity index (χ1v) is 17.6. The Morgan fingerprint density at radius 3 is 2.00 bits per heavy atom. The van der Waals surface area contributed by atoms with E-state index in [0.29, 0.717) is 31.6 Å². The minimum absolute atomic E-state index is 0.118. The van der Waals surface area contributed by atoms with Crippen molar-refractivity contribution >= 4 is 11.8 Å². The molecule has 4 rings (SSSR count). The predicted octanol–water partition coefficient (Wildman–Crippen LogP) is 3.73. The first-order valence-electron chi connectivity index (χ1n) is 17.6. The molecule has 9 heteroatoms. The SMILES string of the molecule is O=C(CNCc1ccccn1)N[C@H](Cc1ccc(CNCCCNC2CCCCC2)cc1)C(=O)NCCCNC1CCCCC1. The summed E-state index contributed by atoms with van der Waals surface area (Å²) >= 11 is 0. The van der Waals surface area contributed by atoms with Gasteiger partial charge in [0.1, 0.15) is 6.04 Å². The molecule has 0 spiro atoms. The van der Waals surface area contributed by atoms with Crippen LogP contribution < -0.4 is 31.9 Å². The van der Waals surface area contributed by atoms with Gasteiger partial charge in [0.2, 0.25) is 11.8 Å². The van der Waals surface area contributed by atoms with E-state index in [1.54, 1.807) is 6.20 Å². The van der Waals surface area contributed by atoms with Crippen molar-refractivity contribution in [1.29, 1.82) is 0 Å². The predicted molar refractivity (Wildman–Crippen MR) is 182 cm³/mol. The third-order valence-corrected chi connectivity index (χ3v) is 9.02. The molecule has 9 nitrogen and oxygen atoms in total. The highest BCUT2D eigenvalue weighted by atomic mass is 16.2. The summed E-state index contributed by atoms with van der Waals surface area (Å²) in [7, 11) is 0. The molecule has 0 bridgehead atoms. The van der Waals surface area contributed by atoms with Gasteiger partial charge in [-0.05, 0) is 81.4 Å². The normalized spacial score (nSPS) is 16.7. The quantitative estimate of drug-likeness (QED) is 0.125. The Morgan fingerprint density at radius 2 is 1.36 bits per heavy atom. The lowest BCUT2D eigenvalue weighted by Gasteiger charge is -2.23. The van der Waals surface area contributed by atoms with E-state index in [-0.39, 0.29) is 18.4 Å². The van der Waals surface area contributed by atoms with Gasteiger partial charge in [0.15, 0.2) is 0 Å². The molecule has 248 valence electrons. The third-order valence-electron chi connectivity index (χ3n) is 9.02. The second kappa shape index (κ2) is 21.0. The highest BCUT2D eigenvalue weighted by Gasteiger charge is 2.21. The number of nitrogens with zero attached hydrogens (tertiary/aromatic N) is 1. The fraction of sp³-hybridized carbons (Fsp3) is 0.639. The zero-order valence-electron chi connectivity index (χ0n) is 27.3. The number of carbonyl (C=O) groups excluding carboxylic acids is 2. The molecule has 2 aromatic rings. The largest absolute Gasteiger partial charge is 0.354 e. The van der Waals surface area contributed by atoms with Gasteiger partial charge in [0, 0.05) is 44.3 Å². The maximum Gasteiger partial charge on any atom is 0.242 e. The van der Waals surface area contributed by atoms with Crippen molar-refractivity contribution in [2.45, 2.75) is 115 Å². The van der Waals surface area contributed by atoms with Crippen LogP contribution in [0, 0.1) is 0 Å². The topological polar surface area (TPSA) is 119 Å². The van der Waals surface area contributed by atoms with Crippen LogP contribution in [0.15, 0.2) is 48.7 Å². The van der Waals surface area contributed by atoms with Gasteiger partial charge in [0.05, 0.1) is 12.2 Å². The Hall–Kier alpha value is -2.85. The first-order chi connectivity index (χ1) is 22.2. The number of hydrogen-bond acceptors (Lipinski definition) is 7. The Kier molecular flexibility index (Phi) is 16.4. The van der Waals surface area contributed by atoms with Crippen molar-refractivity contribution in [2.75, 3.05) is 32.7 Å². The van der Waals surface area contributed by atoms with Gasteiger partial charge in [-0.25, -0.2) is 0 Å². The molecule has 6 N–H and O–H groups in total. The second-order valence-electron chi connectivity index (χ2n) is 12.8. The second-order valence-corrected chi connectivity index (χ2v) is 12.8. The van der Waals surface area contributed by atoms with Gasteiger partial charge in [0.25, 0.3) is 0 Å². The number of pyridine rings is 1. The van der Waals surface area contributed by atoms with Crippen LogP contribution >= 0.6 is 0 Å². The number of hydrogen-bond donors (Lipinski definition) is 6. The smallest absolute Gasteiger partial charge is 0.242 e. The number of amides is 2. The Labute approximate surface area is 270 Å². The molecule has 2 fully saturated rings. The monoisotopic (exact) mass is 619 g/mol.